The van der Waals surface area contributed by atoms with Gasteiger partial charge in [-0.3, -0.25) is 4.79 Å². The van der Waals surface area contributed by atoms with Crippen LogP contribution in [0.4, 0.5) is 10.5 Å². The Morgan fingerprint density at radius 1 is 1.19 bits per heavy atom. The number of aryl methyl sites for hydroxylation is 1. The lowest BCUT2D eigenvalue weighted by atomic mass is 9.82. The van der Waals surface area contributed by atoms with E-state index >= 15 is 0 Å². The number of rotatable bonds is 2. The molecular formula is C24H34N2O5. The lowest BCUT2D eigenvalue weighted by Gasteiger charge is -2.44. The molecule has 0 atom stereocenters. The summed E-state index contributed by atoms with van der Waals surface area (Å²) in [7, 11) is 0. The summed E-state index contributed by atoms with van der Waals surface area (Å²) in [6.07, 6.45) is 3.15. The molecule has 2 fully saturated rings. The van der Waals surface area contributed by atoms with Gasteiger partial charge in [0.15, 0.2) is 11.5 Å². The van der Waals surface area contributed by atoms with E-state index in [0.717, 1.165) is 37.3 Å². The molecule has 4 rings (SSSR count). The number of Topliss-reactive ketones (excluding diaryl/α,β-unsaturated/α-hetero) is 1. The molecular weight excluding hydrogens is 396 g/mol. The Kier molecular flexibility index (Phi) is 5.90. The summed E-state index contributed by atoms with van der Waals surface area (Å²) in [6, 6.07) is 4.30. The van der Waals surface area contributed by atoms with Gasteiger partial charge in [0.2, 0.25) is 0 Å². The van der Waals surface area contributed by atoms with Crippen molar-refractivity contribution in [2.24, 2.45) is 0 Å². The van der Waals surface area contributed by atoms with Crippen molar-refractivity contribution in [1.82, 2.24) is 4.90 Å². The second-order valence-electron chi connectivity index (χ2n) is 10.1. The van der Waals surface area contributed by atoms with Gasteiger partial charge in [-0.05, 0) is 58.2 Å². The fourth-order valence-electron chi connectivity index (χ4n) is 4.60. The molecule has 170 valence electrons. The minimum absolute atomic E-state index is 0.116. The number of nitrogens with zero attached hydrogens (tertiary/aromatic N) is 1. The SMILES string of the molecule is Cc1cc(NC2CCOCC2)c2c(c1)C(=O)CC1(CCN(C(=O)OC(C)(C)C)CC1)O2. The summed E-state index contributed by atoms with van der Waals surface area (Å²) in [5.74, 6) is 0.782. The van der Waals surface area contributed by atoms with E-state index in [9.17, 15) is 9.59 Å². The number of ketones is 1. The van der Waals surface area contributed by atoms with Crippen LogP contribution < -0.4 is 10.1 Å². The topological polar surface area (TPSA) is 77.1 Å². The largest absolute Gasteiger partial charge is 0.484 e. The third-order valence-corrected chi connectivity index (χ3v) is 6.24. The monoisotopic (exact) mass is 430 g/mol. The number of likely N-dealkylation sites (tertiary alicyclic amines) is 1. The van der Waals surface area contributed by atoms with Crippen molar-refractivity contribution in [1.29, 1.82) is 0 Å². The summed E-state index contributed by atoms with van der Waals surface area (Å²) >= 11 is 0. The van der Waals surface area contributed by atoms with Crippen LogP contribution in [-0.2, 0) is 9.47 Å². The first-order valence-electron chi connectivity index (χ1n) is 11.3. The van der Waals surface area contributed by atoms with Gasteiger partial charge >= 0.3 is 6.09 Å². The molecule has 1 spiro atoms. The summed E-state index contributed by atoms with van der Waals surface area (Å²) in [5.41, 5.74) is 1.51. The Morgan fingerprint density at radius 2 is 1.87 bits per heavy atom. The molecule has 1 amide bonds. The van der Waals surface area contributed by atoms with Crippen LogP contribution in [-0.4, -0.2) is 60.3 Å². The molecule has 1 aromatic rings. The van der Waals surface area contributed by atoms with Crippen LogP contribution in [0.25, 0.3) is 0 Å². The fraction of sp³-hybridized carbons (Fsp3) is 0.667. The van der Waals surface area contributed by atoms with Crippen molar-refractivity contribution >= 4 is 17.6 Å². The van der Waals surface area contributed by atoms with E-state index in [-0.39, 0.29) is 11.9 Å². The maximum absolute atomic E-state index is 13.1. The lowest BCUT2D eigenvalue weighted by molar-refractivity contribution is -0.0223. The molecule has 7 nitrogen and oxygen atoms in total. The number of carbonyl (C=O) groups excluding carboxylic acids is 2. The number of ether oxygens (including phenoxy) is 3. The number of anilines is 1. The number of hydrogen-bond donors (Lipinski definition) is 1. The van der Waals surface area contributed by atoms with Gasteiger partial charge in [0.25, 0.3) is 0 Å². The summed E-state index contributed by atoms with van der Waals surface area (Å²) in [6.45, 7) is 10.1. The summed E-state index contributed by atoms with van der Waals surface area (Å²) < 4.78 is 17.6. The van der Waals surface area contributed by atoms with Gasteiger partial charge in [0, 0.05) is 45.2 Å². The van der Waals surface area contributed by atoms with E-state index in [1.165, 1.54) is 0 Å². The predicted molar refractivity (Wildman–Crippen MR) is 118 cm³/mol. The molecule has 2 saturated heterocycles. The molecule has 3 aliphatic rings. The second-order valence-corrected chi connectivity index (χ2v) is 10.1. The van der Waals surface area contributed by atoms with Crippen molar-refractivity contribution < 1.29 is 23.8 Å². The van der Waals surface area contributed by atoms with Crippen LogP contribution in [0.2, 0.25) is 0 Å². The van der Waals surface area contributed by atoms with Crippen molar-refractivity contribution in [3.05, 3.63) is 23.3 Å². The number of benzene rings is 1. The molecule has 0 saturated carbocycles. The number of carbonyl (C=O) groups is 2. The molecule has 0 aliphatic carbocycles. The van der Waals surface area contributed by atoms with Gasteiger partial charge in [-0.25, -0.2) is 4.79 Å². The maximum Gasteiger partial charge on any atom is 0.410 e. The smallest absolute Gasteiger partial charge is 0.410 e. The van der Waals surface area contributed by atoms with Crippen LogP contribution in [0.5, 0.6) is 5.75 Å². The lowest BCUT2D eigenvalue weighted by Crippen LogP contribution is -2.53. The standard InChI is InChI=1S/C24H34N2O5/c1-16-13-18-20(27)15-24(7-9-26(10-8-24)22(28)31-23(2,3)4)30-21(18)19(14-16)25-17-5-11-29-12-6-17/h13-14,17,25H,5-12,15H2,1-4H3. The highest BCUT2D eigenvalue weighted by molar-refractivity contribution is 6.02. The molecule has 0 aromatic heterocycles. The number of amides is 1. The van der Waals surface area contributed by atoms with Crippen LogP contribution in [0.15, 0.2) is 12.1 Å². The Balaban J connectivity index is 1.51. The Bertz CT molecular complexity index is 846. The number of fused-ring (bicyclic) bond motifs is 1. The highest BCUT2D eigenvalue weighted by Gasteiger charge is 2.45. The summed E-state index contributed by atoms with van der Waals surface area (Å²) in [5, 5.41) is 3.60. The highest BCUT2D eigenvalue weighted by Crippen LogP contribution is 2.44. The van der Waals surface area contributed by atoms with Crippen molar-refractivity contribution in [3.63, 3.8) is 0 Å². The normalized spacial score (nSPS) is 21.4. The van der Waals surface area contributed by atoms with Gasteiger partial charge in [-0.15, -0.1) is 0 Å². The first-order chi connectivity index (χ1) is 14.6. The minimum Gasteiger partial charge on any atom is -0.484 e. The van der Waals surface area contributed by atoms with Crippen LogP contribution in [0.3, 0.4) is 0 Å². The highest BCUT2D eigenvalue weighted by atomic mass is 16.6. The maximum atomic E-state index is 13.1. The average molecular weight is 431 g/mol. The quantitative estimate of drug-likeness (QED) is 0.753. The average Bonchev–Trinajstić information content (AvgIpc) is 2.69. The van der Waals surface area contributed by atoms with Crippen molar-refractivity contribution in [2.45, 2.75) is 77.0 Å². The number of nitrogens with one attached hydrogen (secondary N) is 1. The molecule has 3 aliphatic heterocycles. The van der Waals surface area contributed by atoms with Crippen LogP contribution >= 0.6 is 0 Å². The van der Waals surface area contributed by atoms with Crippen LogP contribution in [0, 0.1) is 6.92 Å². The Morgan fingerprint density at radius 3 is 2.52 bits per heavy atom. The third-order valence-electron chi connectivity index (χ3n) is 6.24. The van der Waals surface area contributed by atoms with Gasteiger partial charge in [-0.1, -0.05) is 0 Å². The third kappa shape index (κ3) is 4.97. The van der Waals surface area contributed by atoms with E-state index in [1.807, 2.05) is 33.8 Å². The second kappa shape index (κ2) is 8.34. The zero-order valence-electron chi connectivity index (χ0n) is 19.1. The fourth-order valence-corrected chi connectivity index (χ4v) is 4.60. The van der Waals surface area contributed by atoms with Crippen molar-refractivity contribution in [2.75, 3.05) is 31.6 Å². The number of piperidine rings is 1. The van der Waals surface area contributed by atoms with E-state index in [4.69, 9.17) is 14.2 Å². The Hall–Kier alpha value is -2.28. The first-order valence-corrected chi connectivity index (χ1v) is 11.3. The van der Waals surface area contributed by atoms with E-state index in [2.05, 4.69) is 11.4 Å². The van der Waals surface area contributed by atoms with Crippen LogP contribution in [0.1, 0.15) is 68.8 Å². The number of hydrogen-bond acceptors (Lipinski definition) is 6. The predicted octanol–water partition coefficient (Wildman–Crippen LogP) is 4.32. The molecule has 1 aromatic carbocycles. The molecule has 0 radical (unpaired) electrons. The molecule has 0 bridgehead atoms. The van der Waals surface area contributed by atoms with E-state index < -0.39 is 11.2 Å². The molecule has 3 heterocycles. The van der Waals surface area contributed by atoms with Gasteiger partial charge < -0.3 is 24.4 Å². The Labute approximate surface area is 184 Å². The van der Waals surface area contributed by atoms with E-state index in [1.54, 1.807) is 4.90 Å². The van der Waals surface area contributed by atoms with Crippen molar-refractivity contribution in [3.8, 4) is 5.75 Å². The van der Waals surface area contributed by atoms with Gasteiger partial charge in [0.1, 0.15) is 11.2 Å². The first kappa shape index (κ1) is 21.9. The zero-order valence-corrected chi connectivity index (χ0v) is 19.1. The van der Waals surface area contributed by atoms with Gasteiger partial charge in [0.05, 0.1) is 17.7 Å². The van der Waals surface area contributed by atoms with Gasteiger partial charge in [-0.2, -0.15) is 0 Å². The van der Waals surface area contributed by atoms with E-state index in [0.29, 0.717) is 49.7 Å². The zero-order chi connectivity index (χ0) is 22.2. The molecule has 1 N–H and O–H groups in total. The molecule has 31 heavy (non-hydrogen) atoms. The summed E-state index contributed by atoms with van der Waals surface area (Å²) in [4.78, 5) is 27.3. The minimum atomic E-state index is -0.566. The molecule has 0 unspecified atom stereocenters. The molecule has 7 heteroatoms.